The van der Waals surface area contributed by atoms with Gasteiger partial charge in [-0.3, -0.25) is 4.40 Å². The zero-order valence-corrected chi connectivity index (χ0v) is 22.5. The molecule has 1 aliphatic carbocycles. The Morgan fingerprint density at radius 1 is 1.11 bits per heavy atom. The van der Waals surface area contributed by atoms with Crippen molar-refractivity contribution in [1.82, 2.24) is 23.7 Å². The summed E-state index contributed by atoms with van der Waals surface area (Å²) >= 11 is 0. The fraction of sp³-hybridized carbons (Fsp3) is 0.345. The highest BCUT2D eigenvalue weighted by Gasteiger charge is 2.27. The number of nitrogen functional groups attached to an aromatic ring is 1. The first-order valence-corrected chi connectivity index (χ1v) is 15.0. The van der Waals surface area contributed by atoms with Gasteiger partial charge in [0, 0.05) is 42.9 Å². The molecule has 2 N–H and O–H groups in total. The van der Waals surface area contributed by atoms with E-state index < -0.39 is 10.0 Å². The number of hydrogen-bond donors (Lipinski definition) is 1. The molecule has 6 rings (SSSR count). The van der Waals surface area contributed by atoms with Gasteiger partial charge in [-0.25, -0.2) is 27.7 Å². The van der Waals surface area contributed by atoms with E-state index in [0.717, 1.165) is 70.5 Å². The third kappa shape index (κ3) is 4.72. The Hall–Kier alpha value is -3.56. The second-order valence-corrected chi connectivity index (χ2v) is 12.5. The normalized spacial score (nSPS) is 19.3. The van der Waals surface area contributed by atoms with Crippen LogP contribution in [0.4, 0.5) is 5.82 Å². The monoisotopic (exact) mass is 528 g/mol. The van der Waals surface area contributed by atoms with Crippen molar-refractivity contribution in [2.24, 2.45) is 11.8 Å². The number of allylic oxidation sites excluding steroid dienone is 4. The lowest BCUT2D eigenvalue weighted by Crippen LogP contribution is -2.38. The van der Waals surface area contributed by atoms with Crippen molar-refractivity contribution >= 4 is 37.8 Å². The van der Waals surface area contributed by atoms with Gasteiger partial charge in [-0.15, -0.1) is 0 Å². The molecule has 1 atom stereocenters. The van der Waals surface area contributed by atoms with Crippen LogP contribution in [0.25, 0.3) is 33.3 Å². The molecule has 4 heterocycles. The average molecular weight is 529 g/mol. The van der Waals surface area contributed by atoms with Gasteiger partial charge in [-0.1, -0.05) is 43.4 Å². The van der Waals surface area contributed by atoms with Crippen LogP contribution in [0.3, 0.4) is 0 Å². The number of fused-ring (bicyclic) bond motifs is 2. The van der Waals surface area contributed by atoms with E-state index in [4.69, 9.17) is 15.7 Å². The molecule has 9 heteroatoms. The Morgan fingerprint density at radius 3 is 2.63 bits per heavy atom. The maximum absolute atomic E-state index is 11.9. The molecule has 0 saturated carbocycles. The molecule has 0 amide bonds. The van der Waals surface area contributed by atoms with Crippen LogP contribution in [0, 0.1) is 11.8 Å². The van der Waals surface area contributed by atoms with Gasteiger partial charge in [0.2, 0.25) is 10.0 Å². The van der Waals surface area contributed by atoms with E-state index in [1.54, 1.807) is 10.5 Å². The van der Waals surface area contributed by atoms with E-state index in [1.807, 2.05) is 10.6 Å². The average Bonchev–Trinajstić information content (AvgIpc) is 3.28. The van der Waals surface area contributed by atoms with Crippen LogP contribution in [-0.2, 0) is 16.4 Å². The number of piperidine rings is 1. The zero-order chi connectivity index (χ0) is 26.4. The SMILES string of the molecule is CC1C=CC(c2ccc3ccc(-c4nc(CC5CCN(S(C)(=O)=O)CC5)n5ccnc(N)c45)cc3n2)=CC1. The lowest BCUT2D eigenvalue weighted by atomic mass is 9.94. The molecule has 196 valence electrons. The van der Waals surface area contributed by atoms with Crippen LogP contribution < -0.4 is 5.73 Å². The van der Waals surface area contributed by atoms with Gasteiger partial charge in [0.15, 0.2) is 0 Å². The number of nitrogens with two attached hydrogens (primary N) is 1. The van der Waals surface area contributed by atoms with Crippen LogP contribution in [0.2, 0.25) is 0 Å². The number of anilines is 1. The minimum atomic E-state index is -3.15. The van der Waals surface area contributed by atoms with Crippen molar-refractivity contribution in [2.45, 2.75) is 32.6 Å². The molecule has 0 radical (unpaired) electrons. The Labute approximate surface area is 223 Å². The largest absolute Gasteiger partial charge is 0.382 e. The molecule has 1 aliphatic heterocycles. The summed E-state index contributed by atoms with van der Waals surface area (Å²) in [6.45, 7) is 3.31. The van der Waals surface area contributed by atoms with E-state index in [-0.39, 0.29) is 0 Å². The lowest BCUT2D eigenvalue weighted by molar-refractivity contribution is 0.271. The predicted molar refractivity (Wildman–Crippen MR) is 152 cm³/mol. The fourth-order valence-electron chi connectivity index (χ4n) is 5.52. The molecule has 1 fully saturated rings. The highest BCUT2D eigenvalue weighted by atomic mass is 32.2. The standard InChI is InChI=1S/C29H32N6O2S/c1-19-3-5-21(6-4-19)24-10-9-22-7-8-23(18-25(22)32-24)27-28-29(30)31-13-16-35(28)26(33-27)17-20-11-14-34(15-12-20)38(2,36)37/h3,5-10,13,16,18-20H,4,11-12,14-15,17H2,1-2H3,(H2,30,31). The summed E-state index contributed by atoms with van der Waals surface area (Å²) in [5.74, 6) is 2.25. The zero-order valence-electron chi connectivity index (χ0n) is 21.7. The number of hydrogen-bond acceptors (Lipinski definition) is 6. The van der Waals surface area contributed by atoms with Crippen LogP contribution in [0.15, 0.2) is 61.0 Å². The molecule has 0 bridgehead atoms. The molecule has 4 aromatic rings. The molecule has 3 aromatic heterocycles. The summed E-state index contributed by atoms with van der Waals surface area (Å²) in [6.07, 6.45) is 14.9. The number of sulfonamides is 1. The van der Waals surface area contributed by atoms with Crippen LogP contribution in [-0.4, -0.2) is 51.4 Å². The highest BCUT2D eigenvalue weighted by Crippen LogP contribution is 2.33. The molecule has 1 unspecified atom stereocenters. The van der Waals surface area contributed by atoms with E-state index in [2.05, 4.69) is 60.5 Å². The van der Waals surface area contributed by atoms with Gasteiger partial charge in [0.1, 0.15) is 22.9 Å². The lowest BCUT2D eigenvalue weighted by Gasteiger charge is -2.29. The van der Waals surface area contributed by atoms with Crippen LogP contribution in [0.1, 0.15) is 37.7 Å². The van der Waals surface area contributed by atoms with Crippen molar-refractivity contribution in [1.29, 1.82) is 0 Å². The predicted octanol–water partition coefficient (Wildman–Crippen LogP) is 4.72. The maximum atomic E-state index is 11.9. The molecular formula is C29H32N6O2S. The summed E-state index contributed by atoms with van der Waals surface area (Å²) in [5, 5.41) is 1.07. The van der Waals surface area contributed by atoms with E-state index in [1.165, 1.54) is 6.26 Å². The second kappa shape index (κ2) is 9.63. The Kier molecular flexibility index (Phi) is 6.28. The number of imidazole rings is 1. The number of rotatable bonds is 5. The quantitative estimate of drug-likeness (QED) is 0.402. The topological polar surface area (TPSA) is 106 Å². The highest BCUT2D eigenvalue weighted by molar-refractivity contribution is 7.88. The van der Waals surface area contributed by atoms with Crippen LogP contribution in [0.5, 0.6) is 0 Å². The molecule has 1 aromatic carbocycles. The van der Waals surface area contributed by atoms with Crippen LogP contribution >= 0.6 is 0 Å². The molecule has 0 spiro atoms. The summed E-state index contributed by atoms with van der Waals surface area (Å²) < 4.78 is 27.4. The number of benzene rings is 1. The third-order valence-corrected chi connectivity index (χ3v) is 9.05. The number of pyridine rings is 1. The van der Waals surface area contributed by atoms with Gasteiger partial charge in [0.25, 0.3) is 0 Å². The summed E-state index contributed by atoms with van der Waals surface area (Å²) in [7, 11) is -3.15. The summed E-state index contributed by atoms with van der Waals surface area (Å²) in [6, 6.07) is 10.4. The van der Waals surface area contributed by atoms with E-state index in [9.17, 15) is 8.42 Å². The third-order valence-electron chi connectivity index (χ3n) is 7.75. The van der Waals surface area contributed by atoms with Crippen molar-refractivity contribution in [2.75, 3.05) is 25.1 Å². The second-order valence-electron chi connectivity index (χ2n) is 10.6. The molecule has 1 saturated heterocycles. The van der Waals surface area contributed by atoms with Gasteiger partial charge in [-0.05, 0) is 48.8 Å². The summed E-state index contributed by atoms with van der Waals surface area (Å²) in [4.78, 5) is 14.4. The summed E-state index contributed by atoms with van der Waals surface area (Å²) in [5.41, 5.74) is 11.9. The van der Waals surface area contributed by atoms with Gasteiger partial charge < -0.3 is 5.73 Å². The smallest absolute Gasteiger partial charge is 0.211 e. The molecule has 38 heavy (non-hydrogen) atoms. The Morgan fingerprint density at radius 2 is 1.89 bits per heavy atom. The van der Waals surface area contributed by atoms with Gasteiger partial charge in [-0.2, -0.15) is 0 Å². The van der Waals surface area contributed by atoms with Crippen molar-refractivity contribution in [3.63, 3.8) is 0 Å². The fourth-order valence-corrected chi connectivity index (χ4v) is 6.39. The van der Waals surface area contributed by atoms with Crippen molar-refractivity contribution < 1.29 is 8.42 Å². The van der Waals surface area contributed by atoms with E-state index >= 15 is 0 Å². The Bertz CT molecular complexity index is 1700. The van der Waals surface area contributed by atoms with Gasteiger partial charge in [0.05, 0.1) is 17.5 Å². The first-order chi connectivity index (χ1) is 18.3. The van der Waals surface area contributed by atoms with Crippen molar-refractivity contribution in [3.05, 3.63) is 72.5 Å². The van der Waals surface area contributed by atoms with Gasteiger partial charge >= 0.3 is 0 Å². The maximum Gasteiger partial charge on any atom is 0.211 e. The number of aromatic nitrogens is 4. The molecule has 8 nitrogen and oxygen atoms in total. The minimum Gasteiger partial charge on any atom is -0.382 e. The Balaban J connectivity index is 1.35. The minimum absolute atomic E-state index is 0.348. The molecule has 2 aliphatic rings. The first-order valence-electron chi connectivity index (χ1n) is 13.1. The molecular weight excluding hydrogens is 496 g/mol. The first kappa shape index (κ1) is 24.8. The number of nitrogens with zero attached hydrogens (tertiary/aromatic N) is 5. The van der Waals surface area contributed by atoms with Crippen molar-refractivity contribution in [3.8, 4) is 11.3 Å². The van der Waals surface area contributed by atoms with E-state index in [0.29, 0.717) is 30.7 Å².